The van der Waals surface area contributed by atoms with Crippen molar-refractivity contribution in [3.63, 3.8) is 0 Å². The van der Waals surface area contributed by atoms with Crippen molar-refractivity contribution in [2.24, 2.45) is 0 Å². The van der Waals surface area contributed by atoms with Crippen LogP contribution >= 0.6 is 0 Å². The highest BCUT2D eigenvalue weighted by molar-refractivity contribution is 5.49. The number of methoxy groups -OCH3 is 2. The average Bonchev–Trinajstić information content (AvgIpc) is 3.18. The van der Waals surface area contributed by atoms with E-state index in [-0.39, 0.29) is 13.2 Å². The Morgan fingerprint density at radius 2 is 1.34 bits per heavy atom. The summed E-state index contributed by atoms with van der Waals surface area (Å²) in [5.41, 5.74) is 1.58. The first-order valence-corrected chi connectivity index (χ1v) is 10.5. The molecular formula is C26H27FO5. The predicted octanol–water partition coefficient (Wildman–Crippen LogP) is 4.11. The SMILES string of the molecule is COc1ccc(C(OC[C@H]2OC[C@@H](F)[C@@H]2O)(c2ccccc2)c2ccc(OC)cc2)cc1. The standard InChI is InChI=1S/C26H27FO5/c1-29-21-12-8-19(9-13-21)26(18-6-4-3-5-7-18,20-10-14-22(30-2)15-11-20)32-17-24-25(28)23(27)16-31-24/h3-15,23-25,28H,16-17H2,1-2H3/t23-,24-,25+/m1/s1. The fraction of sp³-hybridized carbons (Fsp3) is 0.308. The molecule has 0 saturated carbocycles. The molecule has 1 saturated heterocycles. The minimum atomic E-state index is -1.42. The highest BCUT2D eigenvalue weighted by Gasteiger charge is 2.42. The highest BCUT2D eigenvalue weighted by atomic mass is 19.1. The van der Waals surface area contributed by atoms with Gasteiger partial charge in [-0.25, -0.2) is 4.39 Å². The zero-order chi connectivity index (χ0) is 22.6. The molecule has 1 fully saturated rings. The first kappa shape index (κ1) is 22.3. The lowest BCUT2D eigenvalue weighted by Gasteiger charge is -2.37. The summed E-state index contributed by atoms with van der Waals surface area (Å²) in [6.45, 7) is -0.132. The van der Waals surface area contributed by atoms with Crippen LogP contribution in [0.2, 0.25) is 0 Å². The first-order chi connectivity index (χ1) is 15.6. The van der Waals surface area contributed by atoms with Crippen molar-refractivity contribution < 1.29 is 28.4 Å². The van der Waals surface area contributed by atoms with Crippen molar-refractivity contribution in [1.29, 1.82) is 0 Å². The van der Waals surface area contributed by atoms with Gasteiger partial charge in [0.25, 0.3) is 0 Å². The fourth-order valence-electron chi connectivity index (χ4n) is 4.07. The average molecular weight is 438 g/mol. The van der Waals surface area contributed by atoms with Crippen LogP contribution in [0.25, 0.3) is 0 Å². The summed E-state index contributed by atoms with van der Waals surface area (Å²) in [4.78, 5) is 0. The summed E-state index contributed by atoms with van der Waals surface area (Å²) in [7, 11) is 3.23. The summed E-state index contributed by atoms with van der Waals surface area (Å²) in [5.74, 6) is 1.44. The summed E-state index contributed by atoms with van der Waals surface area (Å²) in [6.07, 6.45) is -3.41. The van der Waals surface area contributed by atoms with E-state index >= 15 is 0 Å². The number of alkyl halides is 1. The van der Waals surface area contributed by atoms with Gasteiger partial charge in [0, 0.05) is 0 Å². The van der Waals surface area contributed by atoms with E-state index < -0.39 is 24.0 Å². The van der Waals surface area contributed by atoms with E-state index in [1.807, 2.05) is 78.9 Å². The maximum Gasteiger partial charge on any atom is 0.152 e. The minimum absolute atomic E-state index is 0.00847. The van der Waals surface area contributed by atoms with Gasteiger partial charge in [0.1, 0.15) is 29.3 Å². The van der Waals surface area contributed by atoms with Gasteiger partial charge in [-0.15, -0.1) is 0 Å². The molecule has 3 aromatic rings. The maximum atomic E-state index is 13.9. The van der Waals surface area contributed by atoms with Gasteiger partial charge in [0.2, 0.25) is 0 Å². The van der Waals surface area contributed by atoms with Crippen LogP contribution in [0.4, 0.5) is 4.39 Å². The summed E-state index contributed by atoms with van der Waals surface area (Å²) in [5, 5.41) is 10.2. The second kappa shape index (κ2) is 9.69. The van der Waals surface area contributed by atoms with Crippen LogP contribution in [0.3, 0.4) is 0 Å². The number of ether oxygens (including phenoxy) is 4. The first-order valence-electron chi connectivity index (χ1n) is 10.5. The Hall–Kier alpha value is -2.93. The largest absolute Gasteiger partial charge is 0.497 e. The molecule has 5 nitrogen and oxygen atoms in total. The fourth-order valence-corrected chi connectivity index (χ4v) is 4.07. The third kappa shape index (κ3) is 4.21. The zero-order valence-corrected chi connectivity index (χ0v) is 18.1. The van der Waals surface area contributed by atoms with E-state index in [0.29, 0.717) is 0 Å². The Kier molecular flexibility index (Phi) is 6.74. The summed E-state index contributed by atoms with van der Waals surface area (Å²) in [6, 6.07) is 25.1. The molecule has 0 spiro atoms. The van der Waals surface area contributed by atoms with Gasteiger partial charge < -0.3 is 24.1 Å². The van der Waals surface area contributed by atoms with Crippen LogP contribution < -0.4 is 9.47 Å². The molecule has 1 aliphatic rings. The molecular weight excluding hydrogens is 411 g/mol. The lowest BCUT2D eigenvalue weighted by Crippen LogP contribution is -2.39. The third-order valence-corrected chi connectivity index (χ3v) is 5.86. The van der Waals surface area contributed by atoms with Gasteiger partial charge in [-0.1, -0.05) is 54.6 Å². The van der Waals surface area contributed by atoms with Crippen molar-refractivity contribution in [1.82, 2.24) is 0 Å². The second-order valence-electron chi connectivity index (χ2n) is 7.69. The second-order valence-corrected chi connectivity index (χ2v) is 7.69. The summed E-state index contributed by atoms with van der Waals surface area (Å²) >= 11 is 0. The van der Waals surface area contributed by atoms with Crippen molar-refractivity contribution in [2.45, 2.75) is 24.0 Å². The lowest BCUT2D eigenvalue weighted by molar-refractivity contribution is -0.0710. The summed E-state index contributed by atoms with van der Waals surface area (Å²) < 4.78 is 36.6. The molecule has 3 atom stereocenters. The molecule has 1 heterocycles. The van der Waals surface area contributed by atoms with E-state index in [1.54, 1.807) is 14.2 Å². The van der Waals surface area contributed by atoms with Crippen LogP contribution in [-0.2, 0) is 15.1 Å². The zero-order valence-electron chi connectivity index (χ0n) is 18.1. The smallest absolute Gasteiger partial charge is 0.152 e. The van der Waals surface area contributed by atoms with E-state index in [1.165, 1.54) is 0 Å². The maximum absolute atomic E-state index is 13.9. The Morgan fingerprint density at radius 3 is 1.78 bits per heavy atom. The van der Waals surface area contributed by atoms with Gasteiger partial charge in [0.05, 0.1) is 27.4 Å². The van der Waals surface area contributed by atoms with Crippen LogP contribution in [0.1, 0.15) is 16.7 Å². The topological polar surface area (TPSA) is 57.2 Å². The van der Waals surface area contributed by atoms with Gasteiger partial charge in [0.15, 0.2) is 6.17 Å². The minimum Gasteiger partial charge on any atom is -0.497 e. The number of aliphatic hydroxyl groups is 1. The van der Waals surface area contributed by atoms with Crippen molar-refractivity contribution in [3.8, 4) is 11.5 Å². The number of hydrogen-bond acceptors (Lipinski definition) is 5. The van der Waals surface area contributed by atoms with Gasteiger partial charge >= 0.3 is 0 Å². The Balaban J connectivity index is 1.84. The lowest BCUT2D eigenvalue weighted by atomic mass is 9.80. The number of aliphatic hydroxyl groups excluding tert-OH is 1. The van der Waals surface area contributed by atoms with E-state index in [9.17, 15) is 9.50 Å². The molecule has 3 aromatic carbocycles. The number of halogens is 1. The van der Waals surface area contributed by atoms with Crippen LogP contribution in [0, 0.1) is 0 Å². The van der Waals surface area contributed by atoms with E-state index in [2.05, 4.69) is 0 Å². The number of hydrogen-bond donors (Lipinski definition) is 1. The molecule has 0 radical (unpaired) electrons. The van der Waals surface area contributed by atoms with E-state index in [0.717, 1.165) is 28.2 Å². The van der Waals surface area contributed by atoms with E-state index in [4.69, 9.17) is 18.9 Å². The third-order valence-electron chi connectivity index (χ3n) is 5.86. The molecule has 1 N–H and O–H groups in total. The molecule has 6 heteroatoms. The van der Waals surface area contributed by atoms with Gasteiger partial charge in [-0.2, -0.15) is 0 Å². The van der Waals surface area contributed by atoms with Gasteiger partial charge in [-0.05, 0) is 41.0 Å². The van der Waals surface area contributed by atoms with Crippen molar-refractivity contribution in [3.05, 3.63) is 95.6 Å². The highest BCUT2D eigenvalue weighted by Crippen LogP contribution is 2.42. The number of benzene rings is 3. The number of rotatable bonds is 8. The molecule has 0 aliphatic carbocycles. The molecule has 0 unspecified atom stereocenters. The van der Waals surface area contributed by atoms with Crippen molar-refractivity contribution in [2.75, 3.05) is 27.4 Å². The Bertz CT molecular complexity index is 943. The Morgan fingerprint density at radius 1 is 0.844 bits per heavy atom. The molecule has 0 bridgehead atoms. The van der Waals surface area contributed by atoms with Crippen LogP contribution in [0.5, 0.6) is 11.5 Å². The van der Waals surface area contributed by atoms with Crippen LogP contribution in [-0.4, -0.2) is 50.9 Å². The molecule has 32 heavy (non-hydrogen) atoms. The predicted molar refractivity (Wildman–Crippen MR) is 119 cm³/mol. The quantitative estimate of drug-likeness (QED) is 0.537. The normalized spacial score (nSPS) is 20.8. The van der Waals surface area contributed by atoms with Gasteiger partial charge in [-0.3, -0.25) is 0 Å². The Labute approximate surface area is 187 Å². The molecule has 168 valence electrons. The molecule has 0 aromatic heterocycles. The van der Waals surface area contributed by atoms with Crippen molar-refractivity contribution >= 4 is 0 Å². The molecule has 1 aliphatic heterocycles. The monoisotopic (exact) mass is 438 g/mol. The molecule has 4 rings (SSSR count). The molecule has 0 amide bonds. The van der Waals surface area contributed by atoms with Crippen LogP contribution in [0.15, 0.2) is 78.9 Å².